The van der Waals surface area contributed by atoms with Gasteiger partial charge in [0.15, 0.2) is 0 Å². The Morgan fingerprint density at radius 3 is 2.36 bits per heavy atom. The fourth-order valence-electron chi connectivity index (χ4n) is 1.68. The normalized spacial score (nSPS) is 12.3. The largest absolute Gasteiger partial charge is 0.383 e. The first kappa shape index (κ1) is 18.8. The van der Waals surface area contributed by atoms with Gasteiger partial charge >= 0.3 is 7.60 Å². The molecule has 8 nitrogen and oxygen atoms in total. The van der Waals surface area contributed by atoms with Gasteiger partial charge < -0.3 is 19.5 Å². The van der Waals surface area contributed by atoms with Gasteiger partial charge in [-0.1, -0.05) is 0 Å². The van der Waals surface area contributed by atoms with Crippen molar-refractivity contribution in [2.75, 3.05) is 18.7 Å². The van der Waals surface area contributed by atoms with E-state index >= 15 is 0 Å². The Morgan fingerprint density at radius 2 is 1.86 bits per heavy atom. The highest BCUT2D eigenvalue weighted by Gasteiger charge is 2.28. The molecule has 0 saturated heterocycles. The van der Waals surface area contributed by atoms with E-state index in [1.54, 1.807) is 27.7 Å². The highest BCUT2D eigenvalue weighted by molar-refractivity contribution is 7.53. The van der Waals surface area contributed by atoms with E-state index in [0.29, 0.717) is 0 Å². The molecule has 0 unspecified atom stereocenters. The monoisotopic (exact) mass is 333 g/mol. The van der Waals surface area contributed by atoms with Crippen molar-refractivity contribution in [2.45, 2.75) is 46.4 Å². The molecule has 1 aromatic heterocycles. The van der Waals surface area contributed by atoms with Crippen LogP contribution in [0.2, 0.25) is 0 Å². The van der Waals surface area contributed by atoms with Crippen LogP contribution in [0.5, 0.6) is 0 Å². The van der Waals surface area contributed by atoms with Crippen LogP contribution in [-0.4, -0.2) is 34.7 Å². The molecule has 9 heteroatoms. The maximum Gasteiger partial charge on any atom is 0.356 e. The molecule has 0 spiro atoms. The maximum atomic E-state index is 12.5. The molecule has 0 amide bonds. The van der Waals surface area contributed by atoms with Crippen molar-refractivity contribution in [2.24, 2.45) is 0 Å². The number of aromatic nitrogens is 2. The van der Waals surface area contributed by atoms with Gasteiger partial charge in [0.05, 0.1) is 31.7 Å². The van der Waals surface area contributed by atoms with E-state index in [9.17, 15) is 9.36 Å². The number of rotatable bonds is 9. The van der Waals surface area contributed by atoms with Gasteiger partial charge in [0.2, 0.25) is 0 Å². The van der Waals surface area contributed by atoms with Gasteiger partial charge in [-0.3, -0.25) is 13.9 Å². The van der Waals surface area contributed by atoms with Gasteiger partial charge in [0.1, 0.15) is 12.2 Å². The van der Waals surface area contributed by atoms with Crippen LogP contribution in [-0.2, 0) is 24.9 Å². The van der Waals surface area contributed by atoms with E-state index in [-0.39, 0.29) is 43.1 Å². The molecular formula is C13H24N3O5P. The zero-order chi connectivity index (χ0) is 16.8. The molecule has 126 valence electrons. The molecule has 1 aromatic rings. The Balaban J connectivity index is 2.52. The van der Waals surface area contributed by atoms with Crippen LogP contribution >= 0.6 is 7.60 Å². The molecular weight excluding hydrogens is 309 g/mol. The molecule has 0 atom stereocenters. The fraction of sp³-hybridized carbons (Fsp3) is 0.692. The summed E-state index contributed by atoms with van der Waals surface area (Å²) in [5.74, 6) is 0.169. The summed E-state index contributed by atoms with van der Waals surface area (Å²) in [4.78, 5) is 15.4. The predicted molar refractivity (Wildman–Crippen MR) is 83.8 cm³/mol. The first-order valence-electron chi connectivity index (χ1n) is 7.07. The molecule has 22 heavy (non-hydrogen) atoms. The minimum atomic E-state index is -3.32. The molecule has 0 aliphatic rings. The fourth-order valence-corrected chi connectivity index (χ4v) is 3.48. The second-order valence-electron chi connectivity index (χ2n) is 5.30. The summed E-state index contributed by atoms with van der Waals surface area (Å²) < 4.78 is 29.9. The van der Waals surface area contributed by atoms with Crippen molar-refractivity contribution in [3.8, 4) is 0 Å². The third kappa shape index (κ3) is 6.70. The summed E-state index contributed by atoms with van der Waals surface area (Å²) in [6.45, 7) is 7.55. The van der Waals surface area contributed by atoms with Crippen LogP contribution in [0.15, 0.2) is 17.2 Å². The van der Waals surface area contributed by atoms with Gasteiger partial charge in [0.25, 0.3) is 5.56 Å². The van der Waals surface area contributed by atoms with Gasteiger partial charge in [-0.2, -0.15) is 0 Å². The molecule has 0 radical (unpaired) electrons. The van der Waals surface area contributed by atoms with E-state index in [1.807, 2.05) is 0 Å². The van der Waals surface area contributed by atoms with Crippen LogP contribution in [0, 0.1) is 0 Å². The van der Waals surface area contributed by atoms with Crippen molar-refractivity contribution in [3.63, 3.8) is 0 Å². The average molecular weight is 333 g/mol. The Morgan fingerprint density at radius 1 is 1.27 bits per heavy atom. The molecule has 0 fully saturated rings. The molecule has 0 bridgehead atoms. The van der Waals surface area contributed by atoms with Gasteiger partial charge in [-0.25, -0.2) is 4.98 Å². The zero-order valence-electron chi connectivity index (χ0n) is 13.4. The average Bonchev–Trinajstić information content (AvgIpc) is 2.34. The second kappa shape index (κ2) is 8.43. The number of anilines is 1. The topological polar surface area (TPSA) is 106 Å². The lowest BCUT2D eigenvalue weighted by Crippen LogP contribution is -2.23. The molecule has 0 aromatic carbocycles. The third-order valence-corrected chi connectivity index (χ3v) is 4.35. The Kier molecular flexibility index (Phi) is 7.22. The maximum absolute atomic E-state index is 12.5. The molecule has 0 aliphatic heterocycles. The lowest BCUT2D eigenvalue weighted by atomic mass is 10.5. The number of hydrogen-bond donors (Lipinski definition) is 1. The summed E-state index contributed by atoms with van der Waals surface area (Å²) in [5, 5.41) is 0. The summed E-state index contributed by atoms with van der Waals surface area (Å²) in [5.41, 5.74) is 5.14. The summed E-state index contributed by atoms with van der Waals surface area (Å²) in [7, 11) is -3.32. The lowest BCUT2D eigenvalue weighted by molar-refractivity contribution is 0.0955. The first-order valence-corrected chi connectivity index (χ1v) is 8.80. The Labute approximate surface area is 130 Å². The van der Waals surface area contributed by atoms with Crippen LogP contribution in [0.4, 0.5) is 5.82 Å². The smallest absolute Gasteiger partial charge is 0.356 e. The third-order valence-electron chi connectivity index (χ3n) is 2.37. The van der Waals surface area contributed by atoms with E-state index in [1.165, 1.54) is 17.0 Å². The van der Waals surface area contributed by atoms with Crippen LogP contribution in [0.1, 0.15) is 27.7 Å². The van der Waals surface area contributed by atoms with Gasteiger partial charge in [-0.05, 0) is 27.7 Å². The standard InChI is InChI=1S/C13H24N3O5P/c1-10(2)20-22(18,21-11(3)4)9-19-6-5-16-8-15-12(14)7-13(16)17/h7-8,10-11H,5-6,9,14H2,1-4H3. The number of hydrogen-bond acceptors (Lipinski definition) is 7. The molecule has 1 heterocycles. The number of nitrogen functional groups attached to an aromatic ring is 1. The first-order chi connectivity index (χ1) is 10.2. The second-order valence-corrected chi connectivity index (χ2v) is 7.20. The van der Waals surface area contributed by atoms with E-state index in [2.05, 4.69) is 4.98 Å². The van der Waals surface area contributed by atoms with Crippen LogP contribution in [0.3, 0.4) is 0 Å². The summed E-state index contributed by atoms with van der Waals surface area (Å²) in [6.07, 6.45) is 0.699. The molecule has 1 rings (SSSR count). The van der Waals surface area contributed by atoms with Crippen LogP contribution in [0.25, 0.3) is 0 Å². The predicted octanol–water partition coefficient (Wildman–Crippen LogP) is 1.84. The van der Waals surface area contributed by atoms with Gasteiger partial charge in [0, 0.05) is 6.07 Å². The SMILES string of the molecule is CC(C)OP(=O)(COCCn1cnc(N)cc1=O)OC(C)C. The molecule has 2 N–H and O–H groups in total. The number of nitrogens with zero attached hydrogens (tertiary/aromatic N) is 2. The number of ether oxygens (including phenoxy) is 1. The van der Waals surface area contributed by atoms with Crippen molar-refractivity contribution in [1.82, 2.24) is 9.55 Å². The van der Waals surface area contributed by atoms with E-state index in [4.69, 9.17) is 19.5 Å². The van der Waals surface area contributed by atoms with Crippen molar-refractivity contribution in [1.29, 1.82) is 0 Å². The zero-order valence-corrected chi connectivity index (χ0v) is 14.3. The molecule has 0 aliphatic carbocycles. The summed E-state index contributed by atoms with van der Waals surface area (Å²) in [6, 6.07) is 1.23. The summed E-state index contributed by atoms with van der Waals surface area (Å²) >= 11 is 0. The van der Waals surface area contributed by atoms with Crippen molar-refractivity contribution < 1.29 is 18.3 Å². The quantitative estimate of drug-likeness (QED) is 0.543. The Hall–Kier alpha value is -1.21. The number of nitrogens with two attached hydrogens (primary N) is 1. The Bertz CT molecular complexity index is 559. The van der Waals surface area contributed by atoms with Crippen molar-refractivity contribution in [3.05, 3.63) is 22.7 Å². The van der Waals surface area contributed by atoms with Gasteiger partial charge in [-0.15, -0.1) is 0 Å². The minimum absolute atomic E-state index is 0.166. The highest BCUT2D eigenvalue weighted by Crippen LogP contribution is 2.50. The highest BCUT2D eigenvalue weighted by atomic mass is 31.2. The van der Waals surface area contributed by atoms with Crippen molar-refractivity contribution >= 4 is 13.4 Å². The minimum Gasteiger partial charge on any atom is -0.383 e. The molecule has 0 saturated carbocycles. The van der Waals surface area contributed by atoms with E-state index in [0.717, 1.165) is 0 Å². The van der Waals surface area contributed by atoms with E-state index < -0.39 is 7.60 Å². The van der Waals surface area contributed by atoms with Crippen LogP contribution < -0.4 is 11.3 Å². The lowest BCUT2D eigenvalue weighted by Gasteiger charge is -2.22.